The average molecular weight is 293 g/mol. The highest BCUT2D eigenvalue weighted by molar-refractivity contribution is 5.95. The minimum absolute atomic E-state index is 0.00189. The summed E-state index contributed by atoms with van der Waals surface area (Å²) in [6.45, 7) is 1.96. The van der Waals surface area contributed by atoms with Crippen molar-refractivity contribution in [3.05, 3.63) is 35.6 Å². The second-order valence-electron chi connectivity index (χ2n) is 4.70. The van der Waals surface area contributed by atoms with Gasteiger partial charge in [-0.25, -0.2) is 4.79 Å². The normalized spacial score (nSPS) is 11.4. The second-order valence-corrected chi connectivity index (χ2v) is 4.70. The molecule has 1 heterocycles. The highest BCUT2D eigenvalue weighted by Gasteiger charge is 2.21. The zero-order valence-corrected chi connectivity index (χ0v) is 11.9. The summed E-state index contributed by atoms with van der Waals surface area (Å²) in [5.74, 6) is -1.13. The van der Waals surface area contributed by atoms with Crippen LogP contribution in [0.3, 0.4) is 0 Å². The Kier molecular flexibility index (Phi) is 5.32. The van der Waals surface area contributed by atoms with Crippen molar-refractivity contribution >= 4 is 16.9 Å². The van der Waals surface area contributed by atoms with Crippen molar-refractivity contribution in [3.8, 4) is 0 Å². The number of nitrogens with zero attached hydrogens (tertiary/aromatic N) is 1. The van der Waals surface area contributed by atoms with Gasteiger partial charge in [0, 0.05) is 37.7 Å². The molecule has 0 aliphatic carbocycles. The van der Waals surface area contributed by atoms with E-state index in [-0.39, 0.29) is 12.4 Å². The summed E-state index contributed by atoms with van der Waals surface area (Å²) in [6, 6.07) is 7.24. The van der Waals surface area contributed by atoms with Gasteiger partial charge in [-0.2, -0.15) is 0 Å². The summed E-state index contributed by atoms with van der Waals surface area (Å²) in [5.41, 5.74) is 1.18. The van der Waals surface area contributed by atoms with Gasteiger partial charge in [0.15, 0.2) is 0 Å². The van der Waals surface area contributed by atoms with Crippen LogP contribution in [0.4, 0.5) is 0 Å². The van der Waals surface area contributed by atoms with E-state index in [1.165, 1.54) is 0 Å². The van der Waals surface area contributed by atoms with Gasteiger partial charge in [-0.3, -0.25) is 4.90 Å². The molecule has 0 bridgehead atoms. The van der Waals surface area contributed by atoms with Crippen molar-refractivity contribution in [2.45, 2.75) is 6.54 Å². The molecule has 0 radical (unpaired) electrons. The first-order valence-corrected chi connectivity index (χ1v) is 6.73. The Bertz CT molecular complexity index is 607. The number of rotatable bonds is 8. The number of carbonyl (C=O) groups is 1. The number of ether oxygens (including phenoxy) is 1. The lowest BCUT2D eigenvalue weighted by Gasteiger charge is -2.20. The quantitative estimate of drug-likeness (QED) is 0.768. The third-order valence-corrected chi connectivity index (χ3v) is 3.30. The number of methoxy groups -OCH3 is 1. The molecule has 1 aromatic carbocycles. The summed E-state index contributed by atoms with van der Waals surface area (Å²) < 4.78 is 10.5. The summed E-state index contributed by atoms with van der Waals surface area (Å²) in [5, 5.41) is 19.2. The van der Waals surface area contributed by atoms with Crippen molar-refractivity contribution in [3.63, 3.8) is 0 Å². The molecule has 0 saturated carbocycles. The zero-order chi connectivity index (χ0) is 15.2. The van der Waals surface area contributed by atoms with E-state index in [4.69, 9.17) is 14.3 Å². The maximum atomic E-state index is 11.4. The lowest BCUT2D eigenvalue weighted by molar-refractivity contribution is 0.0660. The lowest BCUT2D eigenvalue weighted by Crippen LogP contribution is -2.30. The Balaban J connectivity index is 2.33. The summed E-state index contributed by atoms with van der Waals surface area (Å²) >= 11 is 0. The fraction of sp³-hybridized carbons (Fsp3) is 0.400. The highest BCUT2D eigenvalue weighted by atomic mass is 16.5. The molecule has 0 spiro atoms. The Morgan fingerprint density at radius 1 is 1.33 bits per heavy atom. The summed E-state index contributed by atoms with van der Waals surface area (Å²) in [4.78, 5) is 13.3. The number of aliphatic hydroxyl groups is 1. The Morgan fingerprint density at radius 3 is 2.76 bits per heavy atom. The molecule has 1 aromatic heterocycles. The Morgan fingerprint density at radius 2 is 2.10 bits per heavy atom. The molecule has 0 fully saturated rings. The smallest absolute Gasteiger partial charge is 0.372 e. The monoisotopic (exact) mass is 293 g/mol. The Hall–Kier alpha value is -1.89. The van der Waals surface area contributed by atoms with Gasteiger partial charge in [-0.1, -0.05) is 18.2 Å². The molecule has 0 aliphatic heterocycles. The SMILES string of the molecule is COCCN(CCO)Cc1c(C(=O)O)oc2ccccc12. The van der Waals surface area contributed by atoms with Gasteiger partial charge in [-0.15, -0.1) is 0 Å². The lowest BCUT2D eigenvalue weighted by atomic mass is 10.1. The van der Waals surface area contributed by atoms with Crippen LogP contribution in [0.1, 0.15) is 16.1 Å². The first-order chi connectivity index (χ1) is 10.2. The molecule has 114 valence electrons. The number of aromatic carboxylic acids is 1. The van der Waals surface area contributed by atoms with Crippen LogP contribution >= 0.6 is 0 Å². The summed E-state index contributed by atoms with van der Waals surface area (Å²) in [7, 11) is 1.60. The predicted molar refractivity (Wildman–Crippen MR) is 77.4 cm³/mol. The number of carboxylic acid groups (broad SMARTS) is 1. The van der Waals surface area contributed by atoms with Crippen LogP contribution in [-0.4, -0.2) is 54.5 Å². The van der Waals surface area contributed by atoms with Crippen LogP contribution in [0, 0.1) is 0 Å². The molecule has 21 heavy (non-hydrogen) atoms. The van der Waals surface area contributed by atoms with Crippen LogP contribution in [0.5, 0.6) is 0 Å². The van der Waals surface area contributed by atoms with Gasteiger partial charge in [0.1, 0.15) is 5.58 Å². The van der Waals surface area contributed by atoms with E-state index in [1.54, 1.807) is 19.2 Å². The summed E-state index contributed by atoms with van der Waals surface area (Å²) in [6.07, 6.45) is 0. The zero-order valence-electron chi connectivity index (χ0n) is 11.9. The number of para-hydroxylation sites is 1. The molecule has 2 rings (SSSR count). The number of furan rings is 1. The van der Waals surface area contributed by atoms with E-state index in [2.05, 4.69) is 0 Å². The van der Waals surface area contributed by atoms with Gasteiger partial charge in [-0.05, 0) is 6.07 Å². The average Bonchev–Trinajstić information content (AvgIpc) is 2.84. The maximum absolute atomic E-state index is 11.4. The molecular formula is C15H19NO5. The number of benzene rings is 1. The Labute approximate surface area is 122 Å². The molecule has 0 aliphatic rings. The molecule has 0 atom stereocenters. The van der Waals surface area contributed by atoms with Gasteiger partial charge >= 0.3 is 5.97 Å². The number of hydrogen-bond donors (Lipinski definition) is 2. The molecule has 6 nitrogen and oxygen atoms in total. The van der Waals surface area contributed by atoms with Crippen molar-refractivity contribution in [1.29, 1.82) is 0 Å². The molecule has 2 N–H and O–H groups in total. The molecular weight excluding hydrogens is 274 g/mol. The van der Waals surface area contributed by atoms with Crippen molar-refractivity contribution in [2.75, 3.05) is 33.4 Å². The molecule has 0 saturated heterocycles. The standard InChI is InChI=1S/C15H19NO5/c1-20-9-7-16(6-8-17)10-12-11-4-2-3-5-13(11)21-14(12)15(18)19/h2-5,17H,6-10H2,1H3,(H,18,19). The molecule has 6 heteroatoms. The topological polar surface area (TPSA) is 83.1 Å². The molecule has 0 amide bonds. The third kappa shape index (κ3) is 3.60. The second kappa shape index (κ2) is 7.21. The number of hydrogen-bond acceptors (Lipinski definition) is 5. The molecule has 0 unspecified atom stereocenters. The van der Waals surface area contributed by atoms with Gasteiger partial charge in [0.2, 0.25) is 5.76 Å². The predicted octanol–water partition coefficient (Wildman–Crippen LogP) is 1.57. The van der Waals surface area contributed by atoms with Crippen molar-refractivity contribution in [2.24, 2.45) is 0 Å². The van der Waals surface area contributed by atoms with Crippen LogP contribution in [0.25, 0.3) is 11.0 Å². The van der Waals surface area contributed by atoms with Crippen molar-refractivity contribution < 1.29 is 24.2 Å². The highest BCUT2D eigenvalue weighted by Crippen LogP contribution is 2.27. The number of aliphatic hydroxyl groups excluding tert-OH is 1. The number of fused-ring (bicyclic) bond motifs is 1. The van der Waals surface area contributed by atoms with Gasteiger partial charge < -0.3 is 19.4 Å². The van der Waals surface area contributed by atoms with E-state index < -0.39 is 5.97 Å². The van der Waals surface area contributed by atoms with Crippen molar-refractivity contribution in [1.82, 2.24) is 4.90 Å². The first-order valence-electron chi connectivity index (χ1n) is 6.73. The largest absolute Gasteiger partial charge is 0.475 e. The van der Waals surface area contributed by atoms with Crippen LogP contribution in [0.2, 0.25) is 0 Å². The van der Waals surface area contributed by atoms with E-state index in [9.17, 15) is 9.90 Å². The minimum Gasteiger partial charge on any atom is -0.475 e. The maximum Gasteiger partial charge on any atom is 0.372 e. The minimum atomic E-state index is -1.09. The fourth-order valence-corrected chi connectivity index (χ4v) is 2.28. The van der Waals surface area contributed by atoms with E-state index in [1.807, 2.05) is 17.0 Å². The fourth-order valence-electron chi connectivity index (χ4n) is 2.28. The first kappa shape index (κ1) is 15.5. The van der Waals surface area contributed by atoms with Crippen LogP contribution in [0.15, 0.2) is 28.7 Å². The van der Waals surface area contributed by atoms with Gasteiger partial charge in [0.25, 0.3) is 0 Å². The van der Waals surface area contributed by atoms with E-state index in [0.717, 1.165) is 5.39 Å². The number of carboxylic acids is 1. The third-order valence-electron chi connectivity index (χ3n) is 3.30. The molecule has 2 aromatic rings. The van der Waals surface area contributed by atoms with E-state index >= 15 is 0 Å². The van der Waals surface area contributed by atoms with E-state index in [0.29, 0.717) is 37.4 Å². The van der Waals surface area contributed by atoms with Crippen LogP contribution in [-0.2, 0) is 11.3 Å². The van der Waals surface area contributed by atoms with Crippen LogP contribution < -0.4 is 0 Å². The van der Waals surface area contributed by atoms with Gasteiger partial charge in [0.05, 0.1) is 13.2 Å².